The van der Waals surface area contributed by atoms with Gasteiger partial charge in [-0.2, -0.15) is 5.10 Å². The standard InChI is InChI=1S/C22H15Cl3N2O4/c1-30-16-6-3-14(4-7-16)22(29)31-20-9-2-13(10-19(20)25)12-26-27-21(28)15-5-8-17(23)18(24)11-15/h2-12H,1H3,(H,27,28)/b26-12-. The quantitative estimate of drug-likeness (QED) is 0.216. The van der Waals surface area contributed by atoms with E-state index in [0.717, 1.165) is 0 Å². The van der Waals surface area contributed by atoms with Gasteiger partial charge in [-0.05, 0) is 66.2 Å². The van der Waals surface area contributed by atoms with E-state index in [1.165, 1.54) is 37.6 Å². The van der Waals surface area contributed by atoms with Crippen LogP contribution in [0, 0.1) is 0 Å². The molecule has 0 heterocycles. The third-order valence-electron chi connectivity index (χ3n) is 4.05. The van der Waals surface area contributed by atoms with Gasteiger partial charge in [-0.1, -0.05) is 34.8 Å². The molecular weight excluding hydrogens is 463 g/mol. The molecule has 0 aliphatic rings. The summed E-state index contributed by atoms with van der Waals surface area (Å²) in [5.74, 6) is -0.185. The fourth-order valence-electron chi connectivity index (χ4n) is 2.43. The molecule has 0 radical (unpaired) electrons. The average Bonchev–Trinajstić information content (AvgIpc) is 2.77. The van der Waals surface area contributed by atoms with Crippen LogP contribution in [0.1, 0.15) is 26.3 Å². The number of esters is 1. The fraction of sp³-hybridized carbons (Fsp3) is 0.0455. The first kappa shape index (κ1) is 22.6. The smallest absolute Gasteiger partial charge is 0.343 e. The van der Waals surface area contributed by atoms with Crippen LogP contribution in [0.15, 0.2) is 65.8 Å². The average molecular weight is 478 g/mol. The van der Waals surface area contributed by atoms with Gasteiger partial charge in [-0.25, -0.2) is 10.2 Å². The van der Waals surface area contributed by atoms with Crippen LogP contribution in [-0.2, 0) is 0 Å². The molecule has 6 nitrogen and oxygen atoms in total. The number of amides is 1. The minimum atomic E-state index is -0.556. The SMILES string of the molecule is COc1ccc(C(=O)Oc2ccc(/C=N\NC(=O)c3ccc(Cl)c(Cl)c3)cc2Cl)cc1. The maximum Gasteiger partial charge on any atom is 0.343 e. The van der Waals surface area contributed by atoms with Gasteiger partial charge in [0.25, 0.3) is 5.91 Å². The van der Waals surface area contributed by atoms with E-state index in [4.69, 9.17) is 44.3 Å². The second-order valence-electron chi connectivity index (χ2n) is 6.14. The van der Waals surface area contributed by atoms with Crippen molar-refractivity contribution in [3.8, 4) is 11.5 Å². The molecule has 0 saturated heterocycles. The summed E-state index contributed by atoms with van der Waals surface area (Å²) in [6.45, 7) is 0. The zero-order valence-electron chi connectivity index (χ0n) is 16.1. The first-order valence-electron chi connectivity index (χ1n) is 8.81. The number of hydrazone groups is 1. The summed E-state index contributed by atoms with van der Waals surface area (Å²) in [6.07, 6.45) is 1.40. The number of hydrogen-bond acceptors (Lipinski definition) is 5. The predicted octanol–water partition coefficient (Wildman–Crippen LogP) is 5.64. The van der Waals surface area contributed by atoms with E-state index in [2.05, 4.69) is 10.5 Å². The van der Waals surface area contributed by atoms with Gasteiger partial charge in [0, 0.05) is 5.56 Å². The Labute approximate surface area is 193 Å². The fourth-order valence-corrected chi connectivity index (χ4v) is 2.96. The summed E-state index contributed by atoms with van der Waals surface area (Å²) < 4.78 is 10.4. The molecule has 0 saturated carbocycles. The largest absolute Gasteiger partial charge is 0.497 e. The lowest BCUT2D eigenvalue weighted by Crippen LogP contribution is -2.17. The molecule has 9 heteroatoms. The Hall–Kier alpha value is -3.06. The lowest BCUT2D eigenvalue weighted by Gasteiger charge is -2.07. The topological polar surface area (TPSA) is 77.0 Å². The van der Waals surface area contributed by atoms with Crippen molar-refractivity contribution < 1.29 is 19.1 Å². The van der Waals surface area contributed by atoms with E-state index in [0.29, 0.717) is 27.5 Å². The number of nitrogens with one attached hydrogen (secondary N) is 1. The lowest BCUT2D eigenvalue weighted by molar-refractivity contribution is 0.0734. The number of methoxy groups -OCH3 is 1. The maximum absolute atomic E-state index is 12.3. The monoisotopic (exact) mass is 476 g/mol. The van der Waals surface area contributed by atoms with Gasteiger partial charge >= 0.3 is 5.97 Å². The number of carbonyl (C=O) groups is 2. The number of hydrogen-bond donors (Lipinski definition) is 1. The van der Waals surface area contributed by atoms with Crippen molar-refractivity contribution in [1.29, 1.82) is 0 Å². The number of benzene rings is 3. The molecule has 3 aromatic carbocycles. The highest BCUT2D eigenvalue weighted by atomic mass is 35.5. The number of halogens is 3. The van der Waals surface area contributed by atoms with Crippen LogP contribution in [-0.4, -0.2) is 25.2 Å². The molecule has 0 aromatic heterocycles. The summed E-state index contributed by atoms with van der Waals surface area (Å²) in [5.41, 5.74) is 3.63. The Bertz CT molecular complexity index is 1150. The van der Waals surface area contributed by atoms with Crippen molar-refractivity contribution in [2.24, 2.45) is 5.10 Å². The third kappa shape index (κ3) is 5.98. The van der Waals surface area contributed by atoms with Gasteiger partial charge in [-0.3, -0.25) is 4.79 Å². The molecule has 3 rings (SSSR count). The first-order chi connectivity index (χ1) is 14.9. The highest BCUT2D eigenvalue weighted by molar-refractivity contribution is 6.42. The lowest BCUT2D eigenvalue weighted by atomic mass is 10.2. The summed E-state index contributed by atoms with van der Waals surface area (Å²) in [6, 6.07) is 15.7. The van der Waals surface area contributed by atoms with Crippen molar-refractivity contribution >= 4 is 52.9 Å². The number of nitrogens with zero attached hydrogens (tertiary/aromatic N) is 1. The summed E-state index contributed by atoms with van der Waals surface area (Å²) >= 11 is 17.9. The minimum absolute atomic E-state index is 0.194. The summed E-state index contributed by atoms with van der Waals surface area (Å²) in [7, 11) is 1.54. The van der Waals surface area contributed by atoms with E-state index >= 15 is 0 Å². The Balaban J connectivity index is 1.62. The van der Waals surface area contributed by atoms with Gasteiger partial charge in [0.1, 0.15) is 11.5 Å². The molecule has 0 unspecified atom stereocenters. The van der Waals surface area contributed by atoms with Crippen molar-refractivity contribution in [2.45, 2.75) is 0 Å². The molecule has 0 spiro atoms. The van der Waals surface area contributed by atoms with Crippen molar-refractivity contribution in [1.82, 2.24) is 5.43 Å². The Morgan fingerprint density at radius 1 is 0.871 bits per heavy atom. The van der Waals surface area contributed by atoms with Crippen LogP contribution >= 0.6 is 34.8 Å². The molecule has 1 amide bonds. The van der Waals surface area contributed by atoms with E-state index in [-0.39, 0.29) is 15.8 Å². The molecular formula is C22H15Cl3N2O4. The molecule has 0 aliphatic heterocycles. The van der Waals surface area contributed by atoms with Crippen LogP contribution in [0.25, 0.3) is 0 Å². The Morgan fingerprint density at radius 2 is 1.58 bits per heavy atom. The molecule has 3 aromatic rings. The molecule has 0 atom stereocenters. The third-order valence-corrected chi connectivity index (χ3v) is 5.08. The molecule has 1 N–H and O–H groups in total. The van der Waals surface area contributed by atoms with Gasteiger partial charge in [0.15, 0.2) is 0 Å². The van der Waals surface area contributed by atoms with E-state index in [1.54, 1.807) is 36.4 Å². The van der Waals surface area contributed by atoms with E-state index in [1.807, 2.05) is 0 Å². The molecule has 0 bridgehead atoms. The number of rotatable bonds is 6. The Morgan fingerprint density at radius 3 is 2.23 bits per heavy atom. The Kier molecular flexibility index (Phi) is 7.52. The van der Waals surface area contributed by atoms with Crippen LogP contribution in [0.4, 0.5) is 0 Å². The number of ether oxygens (including phenoxy) is 2. The van der Waals surface area contributed by atoms with E-state index < -0.39 is 11.9 Å². The molecule has 0 aliphatic carbocycles. The van der Waals surface area contributed by atoms with Crippen LogP contribution in [0.3, 0.4) is 0 Å². The minimum Gasteiger partial charge on any atom is -0.497 e. The molecule has 158 valence electrons. The predicted molar refractivity (Wildman–Crippen MR) is 121 cm³/mol. The van der Waals surface area contributed by atoms with Crippen molar-refractivity contribution in [3.63, 3.8) is 0 Å². The summed E-state index contributed by atoms with van der Waals surface area (Å²) in [5, 5.41) is 4.72. The van der Waals surface area contributed by atoms with Gasteiger partial charge in [0.2, 0.25) is 0 Å². The van der Waals surface area contributed by atoms with Crippen molar-refractivity contribution in [2.75, 3.05) is 7.11 Å². The van der Waals surface area contributed by atoms with Gasteiger partial charge < -0.3 is 9.47 Å². The van der Waals surface area contributed by atoms with Crippen LogP contribution in [0.2, 0.25) is 15.1 Å². The zero-order valence-corrected chi connectivity index (χ0v) is 18.3. The second-order valence-corrected chi connectivity index (χ2v) is 7.36. The normalized spacial score (nSPS) is 10.7. The van der Waals surface area contributed by atoms with Crippen LogP contribution < -0.4 is 14.9 Å². The van der Waals surface area contributed by atoms with Crippen LogP contribution in [0.5, 0.6) is 11.5 Å². The zero-order chi connectivity index (χ0) is 22.4. The molecule has 0 fully saturated rings. The van der Waals surface area contributed by atoms with Crippen molar-refractivity contribution in [3.05, 3.63) is 92.4 Å². The summed E-state index contributed by atoms with van der Waals surface area (Å²) in [4.78, 5) is 24.4. The first-order valence-corrected chi connectivity index (χ1v) is 9.95. The van der Waals surface area contributed by atoms with Gasteiger partial charge in [-0.15, -0.1) is 0 Å². The molecule has 31 heavy (non-hydrogen) atoms. The van der Waals surface area contributed by atoms with Gasteiger partial charge in [0.05, 0.1) is 34.0 Å². The number of carbonyl (C=O) groups excluding carboxylic acids is 2. The van der Waals surface area contributed by atoms with E-state index in [9.17, 15) is 9.59 Å². The highest BCUT2D eigenvalue weighted by Gasteiger charge is 2.12. The second kappa shape index (κ2) is 10.3. The highest BCUT2D eigenvalue weighted by Crippen LogP contribution is 2.26. The maximum atomic E-state index is 12.3.